The van der Waals surface area contributed by atoms with Gasteiger partial charge in [-0.3, -0.25) is 4.79 Å². The van der Waals surface area contributed by atoms with Crippen molar-refractivity contribution in [3.63, 3.8) is 0 Å². The Bertz CT molecular complexity index is 768. The van der Waals surface area contributed by atoms with Crippen LogP contribution in [0.25, 0.3) is 11.0 Å². The average molecular weight is 349 g/mol. The maximum Gasteiger partial charge on any atom is 0.203 e. The van der Waals surface area contributed by atoms with Crippen LogP contribution in [0.15, 0.2) is 12.1 Å². The van der Waals surface area contributed by atoms with E-state index in [0.29, 0.717) is 16.9 Å². The molecule has 0 amide bonds. The molecule has 6 heteroatoms. The van der Waals surface area contributed by atoms with Crippen LogP contribution in [0.1, 0.15) is 44.7 Å². The van der Waals surface area contributed by atoms with Gasteiger partial charge in [0.2, 0.25) is 5.78 Å². The van der Waals surface area contributed by atoms with Crippen LogP contribution in [0, 0.1) is 5.41 Å². The highest BCUT2D eigenvalue weighted by Gasteiger charge is 2.29. The Morgan fingerprint density at radius 1 is 1.46 bits per heavy atom. The lowest BCUT2D eigenvalue weighted by Crippen LogP contribution is -2.50. The van der Waals surface area contributed by atoms with Gasteiger partial charge >= 0.3 is 0 Å². The first-order chi connectivity index (χ1) is 11.3. The molecule has 1 aliphatic rings. The van der Waals surface area contributed by atoms with Crippen LogP contribution in [0.5, 0.6) is 0 Å². The van der Waals surface area contributed by atoms with Gasteiger partial charge in [-0.05, 0) is 25.5 Å². The van der Waals surface area contributed by atoms with Crippen LogP contribution >= 0.6 is 11.6 Å². The summed E-state index contributed by atoms with van der Waals surface area (Å²) in [5.41, 5.74) is 2.17. The van der Waals surface area contributed by atoms with E-state index in [4.69, 9.17) is 11.6 Å². The van der Waals surface area contributed by atoms with E-state index >= 15 is 0 Å². The van der Waals surface area contributed by atoms with Crippen LogP contribution in [-0.2, 0) is 0 Å². The van der Waals surface area contributed by atoms with E-state index in [9.17, 15) is 4.79 Å². The van der Waals surface area contributed by atoms with Crippen molar-refractivity contribution in [2.24, 2.45) is 5.41 Å². The lowest BCUT2D eigenvalue weighted by Gasteiger charge is -2.36. The van der Waals surface area contributed by atoms with Crippen molar-refractivity contribution in [2.75, 3.05) is 24.5 Å². The Morgan fingerprint density at radius 3 is 2.88 bits per heavy atom. The monoisotopic (exact) mass is 348 g/mol. The van der Waals surface area contributed by atoms with E-state index in [-0.39, 0.29) is 5.78 Å². The van der Waals surface area contributed by atoms with Gasteiger partial charge in [0, 0.05) is 31.1 Å². The number of H-pyrrole nitrogens is 1. The number of ketones is 1. The van der Waals surface area contributed by atoms with E-state index in [0.717, 1.165) is 42.8 Å². The highest BCUT2D eigenvalue weighted by molar-refractivity contribution is 6.34. The summed E-state index contributed by atoms with van der Waals surface area (Å²) in [6.07, 6.45) is 0.771. The topological polar surface area (TPSA) is 61.0 Å². The van der Waals surface area contributed by atoms with Gasteiger partial charge in [0.05, 0.1) is 21.7 Å². The average Bonchev–Trinajstić information content (AvgIpc) is 2.96. The molecule has 2 aromatic rings. The first kappa shape index (κ1) is 17.2. The van der Waals surface area contributed by atoms with Crippen molar-refractivity contribution >= 4 is 34.1 Å². The fourth-order valence-electron chi connectivity index (χ4n) is 3.03. The Labute approximate surface area is 147 Å². The smallest absolute Gasteiger partial charge is 0.203 e. The minimum Gasteiger partial charge on any atom is -0.365 e. The summed E-state index contributed by atoms with van der Waals surface area (Å²) in [5.74, 6) is 0.452. The predicted octanol–water partition coefficient (Wildman–Crippen LogP) is 3.63. The molecule has 1 atom stereocenters. The molecule has 1 aromatic heterocycles. The standard InChI is InChI=1S/C18H25ClN4O/c1-5-18(3,4)16(24)17-21-13-8-12(19)15(9-14(13)22-17)23-7-6-20-10-11(23)2/h8-9,11,20H,5-7,10H2,1-4H3,(H,21,22). The molecule has 5 nitrogen and oxygen atoms in total. The minimum absolute atomic E-state index is 0.0365. The summed E-state index contributed by atoms with van der Waals surface area (Å²) in [5, 5.41) is 4.06. The molecule has 1 aliphatic heterocycles. The van der Waals surface area contributed by atoms with Crippen LogP contribution in [0.2, 0.25) is 5.02 Å². The van der Waals surface area contributed by atoms with Crippen LogP contribution in [0.4, 0.5) is 5.69 Å². The normalized spacial score (nSPS) is 19.0. The van der Waals surface area contributed by atoms with Crippen molar-refractivity contribution in [2.45, 2.75) is 40.2 Å². The molecule has 0 saturated carbocycles. The molecule has 2 N–H and O–H groups in total. The highest BCUT2D eigenvalue weighted by Crippen LogP contribution is 2.33. The fraction of sp³-hybridized carbons (Fsp3) is 0.556. The number of aromatic nitrogens is 2. The number of nitrogens with one attached hydrogen (secondary N) is 2. The molecule has 0 bridgehead atoms. The Hall–Kier alpha value is -1.59. The fourth-order valence-corrected chi connectivity index (χ4v) is 3.29. The SMILES string of the molecule is CCC(C)(C)C(=O)c1nc2cc(Cl)c(N3CCNCC3C)cc2[nH]1. The highest BCUT2D eigenvalue weighted by atomic mass is 35.5. The molecular formula is C18H25ClN4O. The molecule has 1 unspecified atom stereocenters. The number of carbonyl (C=O) groups is 1. The second kappa shape index (κ2) is 6.37. The largest absolute Gasteiger partial charge is 0.365 e. The van der Waals surface area contributed by atoms with Gasteiger partial charge in [-0.1, -0.05) is 32.4 Å². The second-order valence-electron chi connectivity index (χ2n) is 7.22. The number of hydrogen-bond acceptors (Lipinski definition) is 4. The maximum absolute atomic E-state index is 12.6. The third-order valence-corrected chi connectivity index (χ3v) is 5.38. The molecule has 24 heavy (non-hydrogen) atoms. The third kappa shape index (κ3) is 3.03. The first-order valence-electron chi connectivity index (χ1n) is 8.55. The second-order valence-corrected chi connectivity index (χ2v) is 7.63. The van der Waals surface area contributed by atoms with E-state index in [1.807, 2.05) is 32.9 Å². The number of benzene rings is 1. The lowest BCUT2D eigenvalue weighted by molar-refractivity contribution is 0.0823. The number of nitrogens with zero attached hydrogens (tertiary/aromatic N) is 2. The van der Waals surface area contributed by atoms with Gasteiger partial charge in [0.15, 0.2) is 5.82 Å². The van der Waals surface area contributed by atoms with Gasteiger partial charge < -0.3 is 15.2 Å². The number of rotatable bonds is 4. The zero-order valence-corrected chi connectivity index (χ0v) is 15.5. The molecule has 0 radical (unpaired) electrons. The minimum atomic E-state index is -0.423. The molecule has 1 saturated heterocycles. The summed E-state index contributed by atoms with van der Waals surface area (Å²) >= 11 is 6.51. The van der Waals surface area contributed by atoms with Gasteiger partial charge in [0.25, 0.3) is 0 Å². The molecule has 1 aromatic carbocycles. The number of carbonyl (C=O) groups excluding carboxylic acids is 1. The summed E-state index contributed by atoms with van der Waals surface area (Å²) < 4.78 is 0. The number of piperazine rings is 1. The van der Waals surface area contributed by atoms with Gasteiger partial charge in [-0.15, -0.1) is 0 Å². The Morgan fingerprint density at radius 2 is 2.21 bits per heavy atom. The summed E-state index contributed by atoms with van der Waals surface area (Å²) in [6.45, 7) is 10.9. The summed E-state index contributed by atoms with van der Waals surface area (Å²) in [7, 11) is 0. The van der Waals surface area contributed by atoms with Crippen molar-refractivity contribution in [1.82, 2.24) is 15.3 Å². The third-order valence-electron chi connectivity index (χ3n) is 5.07. The number of anilines is 1. The Balaban J connectivity index is 2.00. The van der Waals surface area contributed by atoms with Crippen LogP contribution in [-0.4, -0.2) is 41.4 Å². The van der Waals surface area contributed by atoms with Crippen molar-refractivity contribution in [3.8, 4) is 0 Å². The van der Waals surface area contributed by atoms with E-state index in [1.165, 1.54) is 0 Å². The number of fused-ring (bicyclic) bond motifs is 1. The van der Waals surface area contributed by atoms with E-state index in [1.54, 1.807) is 0 Å². The molecule has 0 aliphatic carbocycles. The molecule has 1 fully saturated rings. The molecule has 3 rings (SSSR count). The number of hydrogen-bond donors (Lipinski definition) is 2. The zero-order chi connectivity index (χ0) is 17.5. The molecule has 0 spiro atoms. The van der Waals surface area contributed by atoms with Crippen LogP contribution in [0.3, 0.4) is 0 Å². The van der Waals surface area contributed by atoms with Gasteiger partial charge in [-0.2, -0.15) is 0 Å². The predicted molar refractivity (Wildman–Crippen MR) is 99.2 cm³/mol. The molecule has 130 valence electrons. The number of aromatic amines is 1. The number of imidazole rings is 1. The quantitative estimate of drug-likeness (QED) is 0.828. The number of Topliss-reactive ketones (excluding diaryl/α,β-unsaturated/α-hetero) is 1. The zero-order valence-electron chi connectivity index (χ0n) is 14.7. The maximum atomic E-state index is 12.6. The Kier molecular flexibility index (Phi) is 4.58. The van der Waals surface area contributed by atoms with E-state index < -0.39 is 5.41 Å². The molecular weight excluding hydrogens is 324 g/mol. The van der Waals surface area contributed by atoms with Gasteiger partial charge in [0.1, 0.15) is 0 Å². The lowest BCUT2D eigenvalue weighted by atomic mass is 9.85. The summed E-state index contributed by atoms with van der Waals surface area (Å²) in [4.78, 5) is 22.6. The number of halogens is 1. The summed E-state index contributed by atoms with van der Waals surface area (Å²) in [6, 6.07) is 4.24. The van der Waals surface area contributed by atoms with Crippen molar-refractivity contribution < 1.29 is 4.79 Å². The van der Waals surface area contributed by atoms with Crippen LogP contribution < -0.4 is 10.2 Å². The van der Waals surface area contributed by atoms with Gasteiger partial charge in [-0.25, -0.2) is 4.98 Å². The molecule has 2 heterocycles. The van der Waals surface area contributed by atoms with Crippen molar-refractivity contribution in [3.05, 3.63) is 23.0 Å². The van der Waals surface area contributed by atoms with E-state index in [2.05, 4.69) is 27.1 Å². The van der Waals surface area contributed by atoms with Crippen molar-refractivity contribution in [1.29, 1.82) is 0 Å². The first-order valence-corrected chi connectivity index (χ1v) is 8.92.